The van der Waals surface area contributed by atoms with Crippen molar-refractivity contribution >= 4 is 33.8 Å². The first-order valence-corrected chi connectivity index (χ1v) is 7.44. The van der Waals surface area contributed by atoms with Gasteiger partial charge < -0.3 is 11.5 Å². The third-order valence-corrected chi connectivity index (χ3v) is 3.80. The van der Waals surface area contributed by atoms with Crippen LogP contribution in [0.2, 0.25) is 0 Å². The Bertz CT molecular complexity index is 1140. The molecule has 0 unspecified atom stereocenters. The van der Waals surface area contributed by atoms with Crippen molar-refractivity contribution in [2.45, 2.75) is 0 Å². The molecule has 25 heavy (non-hydrogen) atoms. The van der Waals surface area contributed by atoms with Gasteiger partial charge in [-0.15, -0.1) is 0 Å². The van der Waals surface area contributed by atoms with Gasteiger partial charge in [-0.2, -0.15) is 4.99 Å². The number of hydrogen-bond acceptors (Lipinski definition) is 4. The average molecular weight is 331 g/mol. The van der Waals surface area contributed by atoms with Crippen LogP contribution in [0.25, 0.3) is 27.6 Å². The predicted molar refractivity (Wildman–Crippen MR) is 94.3 cm³/mol. The minimum Gasteiger partial charge on any atom is -0.370 e. The van der Waals surface area contributed by atoms with Gasteiger partial charge in [-0.3, -0.25) is 19.3 Å². The van der Waals surface area contributed by atoms with E-state index in [1.54, 1.807) is 43.1 Å². The molecule has 0 aliphatic rings. The number of aromatic nitrogens is 4. The van der Waals surface area contributed by atoms with Gasteiger partial charge in [0.05, 0.1) is 16.8 Å². The molecular formula is C17H13N7O. The van der Waals surface area contributed by atoms with E-state index in [0.29, 0.717) is 16.6 Å². The van der Waals surface area contributed by atoms with E-state index in [2.05, 4.69) is 19.9 Å². The number of hydrogen-bond donors (Lipinski definition) is 2. The summed E-state index contributed by atoms with van der Waals surface area (Å²) in [5, 5.41) is 1.50. The normalized spacial score (nSPS) is 10.9. The number of guanidine groups is 1. The van der Waals surface area contributed by atoms with Crippen molar-refractivity contribution in [2.75, 3.05) is 0 Å². The zero-order chi connectivity index (χ0) is 17.4. The highest BCUT2D eigenvalue weighted by atomic mass is 16.1. The summed E-state index contributed by atoms with van der Waals surface area (Å²) in [7, 11) is 0. The van der Waals surface area contributed by atoms with Crippen LogP contribution in [0, 0.1) is 0 Å². The monoisotopic (exact) mass is 331 g/mol. The van der Waals surface area contributed by atoms with Gasteiger partial charge in [0, 0.05) is 41.8 Å². The molecule has 0 radical (unpaired) electrons. The largest absolute Gasteiger partial charge is 0.370 e. The molecule has 122 valence electrons. The standard InChI is InChI=1S/C17H13N7O/c18-17(19)23-16(25)12-9-24(15-10(12)2-1-5-22-15)14-4-7-21-13-3-6-20-8-11(13)14/h1-9H,(H4,18,19,23,25). The van der Waals surface area contributed by atoms with Crippen molar-refractivity contribution in [1.29, 1.82) is 0 Å². The first-order valence-electron chi connectivity index (χ1n) is 7.44. The van der Waals surface area contributed by atoms with Crippen molar-refractivity contribution in [3.8, 4) is 5.69 Å². The molecule has 4 aromatic heterocycles. The number of carbonyl (C=O) groups is 1. The van der Waals surface area contributed by atoms with Gasteiger partial charge in [0.1, 0.15) is 5.65 Å². The summed E-state index contributed by atoms with van der Waals surface area (Å²) in [5.74, 6) is -0.804. The van der Waals surface area contributed by atoms with E-state index in [9.17, 15) is 4.79 Å². The zero-order valence-corrected chi connectivity index (χ0v) is 13.0. The fraction of sp³-hybridized carbons (Fsp3) is 0. The second kappa shape index (κ2) is 5.68. The van der Waals surface area contributed by atoms with E-state index in [4.69, 9.17) is 11.5 Å². The lowest BCUT2D eigenvalue weighted by molar-refractivity contribution is 0.100. The molecule has 0 bridgehead atoms. The Morgan fingerprint density at radius 3 is 2.76 bits per heavy atom. The lowest BCUT2D eigenvalue weighted by Gasteiger charge is -2.07. The van der Waals surface area contributed by atoms with E-state index in [1.807, 2.05) is 16.7 Å². The lowest BCUT2D eigenvalue weighted by atomic mass is 10.2. The van der Waals surface area contributed by atoms with Crippen molar-refractivity contribution in [3.63, 3.8) is 0 Å². The summed E-state index contributed by atoms with van der Waals surface area (Å²) in [5.41, 5.74) is 13.3. The molecule has 8 nitrogen and oxygen atoms in total. The number of amides is 1. The molecule has 0 saturated heterocycles. The second-order valence-electron chi connectivity index (χ2n) is 5.35. The summed E-state index contributed by atoms with van der Waals surface area (Å²) in [6.45, 7) is 0. The molecule has 4 rings (SSSR count). The molecule has 0 atom stereocenters. The van der Waals surface area contributed by atoms with Gasteiger partial charge in [-0.05, 0) is 24.3 Å². The predicted octanol–water partition coefficient (Wildman–Crippen LogP) is 1.38. The van der Waals surface area contributed by atoms with E-state index < -0.39 is 5.91 Å². The van der Waals surface area contributed by atoms with Crippen LogP contribution in [0.15, 0.2) is 60.2 Å². The van der Waals surface area contributed by atoms with Gasteiger partial charge in [0.25, 0.3) is 5.91 Å². The maximum atomic E-state index is 12.4. The molecule has 0 aliphatic heterocycles. The number of aliphatic imine (C=N–C) groups is 1. The van der Waals surface area contributed by atoms with E-state index in [0.717, 1.165) is 16.6 Å². The minimum absolute atomic E-state index is 0.284. The number of fused-ring (bicyclic) bond motifs is 2. The highest BCUT2D eigenvalue weighted by Crippen LogP contribution is 2.27. The van der Waals surface area contributed by atoms with Crippen molar-refractivity contribution < 1.29 is 4.79 Å². The fourth-order valence-electron chi connectivity index (χ4n) is 2.78. The molecule has 8 heteroatoms. The quantitative estimate of drug-likeness (QED) is 0.422. The maximum Gasteiger partial charge on any atom is 0.282 e. The lowest BCUT2D eigenvalue weighted by Crippen LogP contribution is -2.24. The van der Waals surface area contributed by atoms with Crippen LogP contribution in [0.4, 0.5) is 0 Å². The summed E-state index contributed by atoms with van der Waals surface area (Å²) < 4.78 is 1.82. The number of rotatable bonds is 2. The van der Waals surface area contributed by atoms with Gasteiger partial charge in [0.2, 0.25) is 0 Å². The average Bonchev–Trinajstić information content (AvgIpc) is 3.00. The molecule has 0 aliphatic carbocycles. The number of carbonyl (C=O) groups excluding carboxylic acids is 1. The Morgan fingerprint density at radius 2 is 1.92 bits per heavy atom. The summed E-state index contributed by atoms with van der Waals surface area (Å²) in [6.07, 6.45) is 8.44. The second-order valence-corrected chi connectivity index (χ2v) is 5.35. The molecule has 0 spiro atoms. The van der Waals surface area contributed by atoms with E-state index in [-0.39, 0.29) is 5.96 Å². The smallest absolute Gasteiger partial charge is 0.282 e. The number of pyridine rings is 3. The highest BCUT2D eigenvalue weighted by molar-refractivity contribution is 6.10. The maximum absolute atomic E-state index is 12.4. The SMILES string of the molecule is NC(N)=NC(=O)c1cn(-c2ccnc3ccncc23)c2ncccc12. The molecule has 1 amide bonds. The third-order valence-electron chi connectivity index (χ3n) is 3.80. The van der Waals surface area contributed by atoms with Gasteiger partial charge in [-0.25, -0.2) is 4.98 Å². The van der Waals surface area contributed by atoms with Crippen LogP contribution in [0.1, 0.15) is 10.4 Å². The number of nitrogens with zero attached hydrogens (tertiary/aromatic N) is 5. The highest BCUT2D eigenvalue weighted by Gasteiger charge is 2.17. The Balaban J connectivity index is 2.03. The molecule has 0 fully saturated rings. The topological polar surface area (TPSA) is 125 Å². The van der Waals surface area contributed by atoms with Crippen molar-refractivity contribution in [1.82, 2.24) is 19.5 Å². The van der Waals surface area contributed by atoms with Gasteiger partial charge in [-0.1, -0.05) is 0 Å². The van der Waals surface area contributed by atoms with Crippen LogP contribution >= 0.6 is 0 Å². The molecule has 4 aromatic rings. The van der Waals surface area contributed by atoms with Crippen LogP contribution < -0.4 is 11.5 Å². The van der Waals surface area contributed by atoms with Crippen LogP contribution in [-0.2, 0) is 0 Å². The summed E-state index contributed by atoms with van der Waals surface area (Å²) in [6, 6.07) is 7.22. The number of nitrogens with two attached hydrogens (primary N) is 2. The van der Waals surface area contributed by atoms with E-state index in [1.165, 1.54) is 0 Å². The van der Waals surface area contributed by atoms with E-state index >= 15 is 0 Å². The Labute approximate surface area is 141 Å². The molecular weight excluding hydrogens is 318 g/mol. The summed E-state index contributed by atoms with van der Waals surface area (Å²) >= 11 is 0. The molecule has 4 heterocycles. The Kier molecular flexibility index (Phi) is 3.35. The van der Waals surface area contributed by atoms with Crippen LogP contribution in [0.5, 0.6) is 0 Å². The van der Waals surface area contributed by atoms with Crippen LogP contribution in [-0.4, -0.2) is 31.4 Å². The molecule has 0 aromatic carbocycles. The molecule has 4 N–H and O–H groups in total. The summed E-state index contributed by atoms with van der Waals surface area (Å²) in [4.78, 5) is 28.9. The fourth-order valence-corrected chi connectivity index (χ4v) is 2.78. The first-order chi connectivity index (χ1) is 12.1. The van der Waals surface area contributed by atoms with Crippen molar-refractivity contribution in [2.24, 2.45) is 16.5 Å². The Morgan fingerprint density at radius 1 is 1.04 bits per heavy atom. The molecule has 0 saturated carbocycles. The third kappa shape index (κ3) is 2.45. The van der Waals surface area contributed by atoms with Crippen molar-refractivity contribution in [3.05, 3.63) is 60.8 Å². The Hall–Kier alpha value is -3.81. The van der Waals surface area contributed by atoms with Gasteiger partial charge >= 0.3 is 0 Å². The zero-order valence-electron chi connectivity index (χ0n) is 13.0. The van der Waals surface area contributed by atoms with Gasteiger partial charge in [0.15, 0.2) is 5.96 Å². The van der Waals surface area contributed by atoms with Crippen LogP contribution in [0.3, 0.4) is 0 Å². The first kappa shape index (κ1) is 14.8. The minimum atomic E-state index is -0.520.